The number of carbonyl (C=O) groups is 2. The Balaban J connectivity index is 1.55. The number of benzene rings is 3. The lowest BCUT2D eigenvalue weighted by atomic mass is 10.1. The predicted octanol–water partition coefficient (Wildman–Crippen LogP) is 5.79. The van der Waals surface area contributed by atoms with Crippen molar-refractivity contribution in [1.82, 2.24) is 0 Å². The van der Waals surface area contributed by atoms with E-state index in [1.807, 2.05) is 18.2 Å². The van der Waals surface area contributed by atoms with E-state index in [1.165, 1.54) is 11.8 Å². The summed E-state index contributed by atoms with van der Waals surface area (Å²) >= 11 is 13.7. The van der Waals surface area contributed by atoms with Gasteiger partial charge in [0.25, 0.3) is 5.91 Å². The number of anilines is 2. The highest BCUT2D eigenvalue weighted by Gasteiger charge is 2.36. The molecule has 1 atom stereocenters. The van der Waals surface area contributed by atoms with Crippen LogP contribution in [0.3, 0.4) is 0 Å². The van der Waals surface area contributed by atoms with E-state index in [4.69, 9.17) is 27.9 Å². The summed E-state index contributed by atoms with van der Waals surface area (Å²) in [4.78, 5) is 26.7. The number of rotatable bonds is 6. The Hall–Kier alpha value is -2.67. The van der Waals surface area contributed by atoms with Gasteiger partial charge in [0.05, 0.1) is 5.75 Å². The Bertz CT molecular complexity index is 1090. The van der Waals surface area contributed by atoms with E-state index in [0.29, 0.717) is 27.2 Å². The molecule has 158 valence electrons. The first-order chi connectivity index (χ1) is 15.0. The zero-order chi connectivity index (χ0) is 21.8. The van der Waals surface area contributed by atoms with Crippen molar-refractivity contribution in [2.24, 2.45) is 0 Å². The molecule has 1 saturated heterocycles. The molecule has 0 aromatic heterocycles. The molecule has 4 rings (SSSR count). The average molecular weight is 473 g/mol. The van der Waals surface area contributed by atoms with Gasteiger partial charge in [-0.2, -0.15) is 0 Å². The summed E-state index contributed by atoms with van der Waals surface area (Å²) < 4.78 is 5.83. The van der Waals surface area contributed by atoms with Crippen molar-refractivity contribution >= 4 is 58.2 Å². The van der Waals surface area contributed by atoms with Gasteiger partial charge in [0, 0.05) is 27.0 Å². The van der Waals surface area contributed by atoms with Crippen LogP contribution in [0.15, 0.2) is 72.8 Å². The molecule has 1 N–H and O–H groups in total. The van der Waals surface area contributed by atoms with Gasteiger partial charge in [0.1, 0.15) is 11.1 Å². The Morgan fingerprint density at radius 1 is 1.03 bits per heavy atom. The molecule has 0 aliphatic carbocycles. The van der Waals surface area contributed by atoms with Crippen LogP contribution in [0.5, 0.6) is 5.75 Å². The third-order valence-electron chi connectivity index (χ3n) is 4.63. The van der Waals surface area contributed by atoms with Crippen LogP contribution < -0.4 is 15.0 Å². The number of para-hydroxylation sites is 1. The van der Waals surface area contributed by atoms with Crippen LogP contribution in [0.25, 0.3) is 0 Å². The van der Waals surface area contributed by atoms with Gasteiger partial charge in [-0.3, -0.25) is 14.5 Å². The first-order valence-corrected chi connectivity index (χ1v) is 11.3. The first-order valence-electron chi connectivity index (χ1n) is 9.47. The summed E-state index contributed by atoms with van der Waals surface area (Å²) in [6.45, 7) is -0.171. The molecule has 5 nitrogen and oxygen atoms in total. The molecule has 1 heterocycles. The smallest absolute Gasteiger partial charge is 0.262 e. The highest BCUT2D eigenvalue weighted by molar-refractivity contribution is 8.00. The molecule has 3 aromatic carbocycles. The molecule has 2 amide bonds. The Morgan fingerprint density at radius 2 is 1.74 bits per heavy atom. The third-order valence-corrected chi connectivity index (χ3v) is 6.31. The van der Waals surface area contributed by atoms with Crippen LogP contribution in [-0.4, -0.2) is 24.2 Å². The minimum absolute atomic E-state index is 0.0231. The number of thioether (sulfide) groups is 1. The summed E-state index contributed by atoms with van der Waals surface area (Å²) in [7, 11) is 0. The van der Waals surface area contributed by atoms with Crippen LogP contribution >= 0.6 is 35.0 Å². The fourth-order valence-electron chi connectivity index (χ4n) is 3.24. The lowest BCUT2D eigenvalue weighted by Crippen LogP contribution is -2.28. The number of nitrogens with one attached hydrogen (secondary N) is 1. The molecule has 1 aliphatic rings. The molecule has 0 unspecified atom stereocenters. The maximum Gasteiger partial charge on any atom is 0.262 e. The summed E-state index contributed by atoms with van der Waals surface area (Å²) in [5.74, 6) is 0.522. The second-order valence-corrected chi connectivity index (χ2v) is 8.73. The van der Waals surface area contributed by atoms with E-state index in [-0.39, 0.29) is 23.8 Å². The maximum atomic E-state index is 12.6. The highest BCUT2D eigenvalue weighted by atomic mass is 35.5. The van der Waals surface area contributed by atoms with E-state index >= 15 is 0 Å². The van der Waals surface area contributed by atoms with Crippen LogP contribution in [0.4, 0.5) is 11.4 Å². The van der Waals surface area contributed by atoms with Crippen molar-refractivity contribution in [3.05, 3.63) is 88.4 Å². The van der Waals surface area contributed by atoms with E-state index < -0.39 is 0 Å². The second kappa shape index (κ2) is 9.64. The predicted molar refractivity (Wildman–Crippen MR) is 126 cm³/mol. The lowest BCUT2D eigenvalue weighted by molar-refractivity contribution is -0.118. The number of hydrogen-bond donors (Lipinski definition) is 1. The van der Waals surface area contributed by atoms with Gasteiger partial charge in [-0.1, -0.05) is 41.4 Å². The number of amides is 2. The molecule has 0 bridgehead atoms. The largest absolute Gasteiger partial charge is 0.483 e. The van der Waals surface area contributed by atoms with Gasteiger partial charge in [-0.05, 0) is 54.6 Å². The van der Waals surface area contributed by atoms with Crippen molar-refractivity contribution in [1.29, 1.82) is 0 Å². The quantitative estimate of drug-likeness (QED) is 0.493. The minimum atomic E-state index is -0.334. The molecule has 0 radical (unpaired) electrons. The Kier molecular flexibility index (Phi) is 6.70. The lowest BCUT2D eigenvalue weighted by Gasteiger charge is -2.26. The number of halogens is 2. The standard InChI is InChI=1S/C23H18Cl2N2O3S/c24-15-6-9-18(10-7-15)27-22(29)14-31-23(27)19-12-16(25)8-11-20(19)30-13-21(28)26-17-4-2-1-3-5-17/h1-12,23H,13-14H2,(H,26,28)/t23-/m1/s1. The van der Waals surface area contributed by atoms with Crippen LogP contribution in [0.1, 0.15) is 10.9 Å². The van der Waals surface area contributed by atoms with Crippen LogP contribution in [0, 0.1) is 0 Å². The van der Waals surface area contributed by atoms with Crippen molar-refractivity contribution in [2.45, 2.75) is 5.37 Å². The number of carbonyl (C=O) groups excluding carboxylic acids is 2. The minimum Gasteiger partial charge on any atom is -0.483 e. The monoisotopic (exact) mass is 472 g/mol. The summed E-state index contributed by atoms with van der Waals surface area (Å²) in [6, 6.07) is 21.4. The molecular weight excluding hydrogens is 455 g/mol. The zero-order valence-electron chi connectivity index (χ0n) is 16.3. The summed E-state index contributed by atoms with van der Waals surface area (Å²) in [5, 5.41) is 3.57. The normalized spacial score (nSPS) is 15.7. The molecule has 1 aliphatic heterocycles. The van der Waals surface area contributed by atoms with Gasteiger partial charge in [0.2, 0.25) is 5.91 Å². The maximum absolute atomic E-state index is 12.6. The molecular formula is C23H18Cl2N2O3S. The van der Waals surface area contributed by atoms with Gasteiger partial charge < -0.3 is 10.1 Å². The SMILES string of the molecule is O=C(COc1ccc(Cl)cc1[C@H]1SCC(=O)N1c1ccc(Cl)cc1)Nc1ccccc1. The fourth-order valence-corrected chi connectivity index (χ4v) is 4.74. The fraction of sp³-hybridized carbons (Fsp3) is 0.130. The van der Waals surface area contributed by atoms with Crippen molar-refractivity contribution < 1.29 is 14.3 Å². The first kappa shape index (κ1) is 21.6. The van der Waals surface area contributed by atoms with Crippen molar-refractivity contribution in [2.75, 3.05) is 22.6 Å². The topological polar surface area (TPSA) is 58.6 Å². The summed E-state index contributed by atoms with van der Waals surface area (Å²) in [5.41, 5.74) is 2.15. The number of hydrogen-bond acceptors (Lipinski definition) is 4. The van der Waals surface area contributed by atoms with Crippen LogP contribution in [-0.2, 0) is 9.59 Å². The van der Waals surface area contributed by atoms with Crippen molar-refractivity contribution in [3.8, 4) is 5.75 Å². The van der Waals surface area contributed by atoms with Crippen molar-refractivity contribution in [3.63, 3.8) is 0 Å². The van der Waals surface area contributed by atoms with Gasteiger partial charge in [-0.25, -0.2) is 0 Å². The Morgan fingerprint density at radius 3 is 2.48 bits per heavy atom. The number of ether oxygens (including phenoxy) is 1. The molecule has 8 heteroatoms. The van der Waals surface area contributed by atoms with E-state index in [9.17, 15) is 9.59 Å². The Labute approximate surface area is 194 Å². The zero-order valence-corrected chi connectivity index (χ0v) is 18.6. The van der Waals surface area contributed by atoms with E-state index in [1.54, 1.807) is 59.5 Å². The number of nitrogens with zero attached hydrogens (tertiary/aromatic N) is 1. The molecule has 0 saturated carbocycles. The molecule has 31 heavy (non-hydrogen) atoms. The van der Waals surface area contributed by atoms with Gasteiger partial charge in [0.15, 0.2) is 6.61 Å². The average Bonchev–Trinajstić information content (AvgIpc) is 3.15. The van der Waals surface area contributed by atoms with E-state index in [0.717, 1.165) is 11.3 Å². The van der Waals surface area contributed by atoms with Gasteiger partial charge in [-0.15, -0.1) is 11.8 Å². The second-order valence-electron chi connectivity index (χ2n) is 6.79. The summed E-state index contributed by atoms with van der Waals surface area (Å²) in [6.07, 6.45) is 0. The molecule has 3 aromatic rings. The van der Waals surface area contributed by atoms with E-state index in [2.05, 4.69) is 5.32 Å². The molecule has 0 spiro atoms. The van der Waals surface area contributed by atoms with Gasteiger partial charge >= 0.3 is 0 Å². The highest BCUT2D eigenvalue weighted by Crippen LogP contribution is 2.45. The molecule has 1 fully saturated rings. The van der Waals surface area contributed by atoms with Crippen LogP contribution in [0.2, 0.25) is 10.0 Å². The third kappa shape index (κ3) is 5.15.